The molecule has 0 saturated carbocycles. The Labute approximate surface area is 185 Å². The molecule has 3 aromatic rings. The van der Waals surface area contributed by atoms with Gasteiger partial charge in [0.15, 0.2) is 0 Å². The molecule has 0 radical (unpaired) electrons. The van der Waals surface area contributed by atoms with Crippen molar-refractivity contribution in [2.45, 2.75) is 32.4 Å². The Balaban J connectivity index is 1.59. The highest BCUT2D eigenvalue weighted by molar-refractivity contribution is 6.05. The number of carbonyl (C=O) groups is 2. The van der Waals surface area contributed by atoms with E-state index in [2.05, 4.69) is 15.6 Å². The van der Waals surface area contributed by atoms with E-state index in [1.165, 1.54) is 12.3 Å². The first kappa shape index (κ1) is 22.7. The van der Waals surface area contributed by atoms with Crippen molar-refractivity contribution in [1.29, 1.82) is 0 Å². The smallest absolute Gasteiger partial charge is 0.408 e. The van der Waals surface area contributed by atoms with Gasteiger partial charge in [0.05, 0.1) is 23.6 Å². The summed E-state index contributed by atoms with van der Waals surface area (Å²) in [4.78, 5) is 28.6. The van der Waals surface area contributed by atoms with Crippen molar-refractivity contribution in [1.82, 2.24) is 10.3 Å². The van der Waals surface area contributed by atoms with Crippen molar-refractivity contribution in [3.63, 3.8) is 0 Å². The van der Waals surface area contributed by atoms with Gasteiger partial charge < -0.3 is 21.1 Å². The second kappa shape index (κ2) is 10.4. The Hall–Kier alpha value is -3.94. The lowest BCUT2D eigenvalue weighted by molar-refractivity contribution is 0.0922. The molecule has 2 atom stereocenters. The normalized spacial score (nSPS) is 12.5. The summed E-state index contributed by atoms with van der Waals surface area (Å²) in [6.07, 6.45) is 1.80. The first-order chi connectivity index (χ1) is 15.4. The summed E-state index contributed by atoms with van der Waals surface area (Å²) in [5.41, 5.74) is 8.61. The molecule has 1 aromatic heterocycles. The summed E-state index contributed by atoms with van der Waals surface area (Å²) >= 11 is 0. The molecule has 0 aliphatic carbocycles. The van der Waals surface area contributed by atoms with E-state index in [1.807, 2.05) is 6.92 Å². The molecule has 0 unspecified atom stereocenters. The number of nitrogen functional groups attached to an aromatic ring is 1. The van der Waals surface area contributed by atoms with Crippen LogP contribution in [-0.2, 0) is 4.74 Å². The predicted octanol–water partition coefficient (Wildman–Crippen LogP) is 4.99. The van der Waals surface area contributed by atoms with Gasteiger partial charge in [0.25, 0.3) is 5.91 Å². The molecule has 0 bridgehead atoms. The number of hydrogen-bond acceptors (Lipinski definition) is 5. The van der Waals surface area contributed by atoms with E-state index in [0.29, 0.717) is 28.9 Å². The van der Waals surface area contributed by atoms with Crippen LogP contribution in [0.15, 0.2) is 67.0 Å². The number of hydrogen-bond donors (Lipinski definition) is 3. The van der Waals surface area contributed by atoms with Gasteiger partial charge in [-0.3, -0.25) is 9.78 Å². The van der Waals surface area contributed by atoms with Crippen LogP contribution in [0.2, 0.25) is 0 Å². The first-order valence-corrected chi connectivity index (χ1v) is 10.2. The second-order valence-electron chi connectivity index (χ2n) is 7.27. The lowest BCUT2D eigenvalue weighted by Gasteiger charge is -2.19. The summed E-state index contributed by atoms with van der Waals surface area (Å²) in [6, 6.07) is 14.8. The van der Waals surface area contributed by atoms with E-state index < -0.39 is 18.0 Å². The number of benzene rings is 2. The number of para-hydroxylation sites is 2. The number of nitrogens with one attached hydrogen (secondary N) is 2. The number of alkyl carbamates (subject to hydrolysis) is 1. The van der Waals surface area contributed by atoms with Crippen LogP contribution in [0.1, 0.15) is 53.9 Å². The maximum absolute atomic E-state index is 13.4. The van der Waals surface area contributed by atoms with Gasteiger partial charge in [0, 0.05) is 17.3 Å². The highest BCUT2D eigenvalue weighted by Gasteiger charge is 2.18. The summed E-state index contributed by atoms with van der Waals surface area (Å²) in [6.45, 7) is 3.63. The molecule has 1 heterocycles. The number of nitrogens with two attached hydrogens (primary N) is 1. The van der Waals surface area contributed by atoms with Gasteiger partial charge in [-0.15, -0.1) is 0 Å². The van der Waals surface area contributed by atoms with Crippen LogP contribution in [-0.4, -0.2) is 17.0 Å². The molecule has 0 spiro atoms. The third-order valence-electron chi connectivity index (χ3n) is 4.93. The topological polar surface area (TPSA) is 106 Å². The third kappa shape index (κ3) is 5.81. The maximum atomic E-state index is 13.4. The zero-order chi connectivity index (χ0) is 23.1. The number of rotatable bonds is 7. The Morgan fingerprint density at radius 2 is 1.81 bits per heavy atom. The fraction of sp³-hybridized carbons (Fsp3) is 0.208. The average molecular weight is 436 g/mol. The van der Waals surface area contributed by atoms with Gasteiger partial charge in [-0.1, -0.05) is 31.2 Å². The SMILES string of the molecule is CC[C@H](OC(=O)N[C@@H](C)c1ccc(C(=O)Nc2ccccc2N)cc1)c1cncc(F)c1. The monoisotopic (exact) mass is 436 g/mol. The van der Waals surface area contributed by atoms with Crippen LogP contribution in [0.3, 0.4) is 0 Å². The van der Waals surface area contributed by atoms with Crippen molar-refractivity contribution < 1.29 is 18.7 Å². The number of amides is 2. The number of anilines is 2. The molecule has 2 aromatic carbocycles. The average Bonchev–Trinajstić information content (AvgIpc) is 2.79. The van der Waals surface area contributed by atoms with Crippen molar-refractivity contribution >= 4 is 23.4 Å². The van der Waals surface area contributed by atoms with E-state index in [-0.39, 0.29) is 11.9 Å². The van der Waals surface area contributed by atoms with Crippen LogP contribution in [0.5, 0.6) is 0 Å². The van der Waals surface area contributed by atoms with Gasteiger partial charge >= 0.3 is 6.09 Å². The Morgan fingerprint density at radius 1 is 1.09 bits per heavy atom. The molecule has 4 N–H and O–H groups in total. The lowest BCUT2D eigenvalue weighted by Crippen LogP contribution is -2.28. The van der Waals surface area contributed by atoms with E-state index in [1.54, 1.807) is 55.5 Å². The minimum Gasteiger partial charge on any atom is -0.441 e. The van der Waals surface area contributed by atoms with Crippen molar-refractivity contribution in [2.75, 3.05) is 11.1 Å². The van der Waals surface area contributed by atoms with E-state index in [9.17, 15) is 14.0 Å². The Morgan fingerprint density at radius 3 is 2.47 bits per heavy atom. The van der Waals surface area contributed by atoms with E-state index in [0.717, 1.165) is 11.8 Å². The van der Waals surface area contributed by atoms with Gasteiger partial charge in [0.2, 0.25) is 0 Å². The second-order valence-corrected chi connectivity index (χ2v) is 7.27. The Kier molecular flexibility index (Phi) is 7.38. The quantitative estimate of drug-likeness (QED) is 0.452. The number of pyridine rings is 1. The van der Waals surface area contributed by atoms with Crippen LogP contribution >= 0.6 is 0 Å². The van der Waals surface area contributed by atoms with Gasteiger partial charge in [0.1, 0.15) is 11.9 Å². The van der Waals surface area contributed by atoms with Crippen LogP contribution < -0.4 is 16.4 Å². The fourth-order valence-corrected chi connectivity index (χ4v) is 3.14. The third-order valence-corrected chi connectivity index (χ3v) is 4.93. The first-order valence-electron chi connectivity index (χ1n) is 10.2. The molecular formula is C24H25FN4O3. The van der Waals surface area contributed by atoms with Crippen LogP contribution in [0.25, 0.3) is 0 Å². The van der Waals surface area contributed by atoms with Gasteiger partial charge in [-0.2, -0.15) is 0 Å². The zero-order valence-corrected chi connectivity index (χ0v) is 17.8. The number of ether oxygens (including phenoxy) is 1. The molecule has 32 heavy (non-hydrogen) atoms. The largest absolute Gasteiger partial charge is 0.441 e. The summed E-state index contributed by atoms with van der Waals surface area (Å²) in [5.74, 6) is -0.777. The highest BCUT2D eigenvalue weighted by atomic mass is 19.1. The molecule has 0 saturated heterocycles. The Bertz CT molecular complexity index is 1090. The zero-order valence-electron chi connectivity index (χ0n) is 17.8. The molecule has 166 valence electrons. The lowest BCUT2D eigenvalue weighted by atomic mass is 10.1. The van der Waals surface area contributed by atoms with Crippen molar-refractivity contribution in [2.24, 2.45) is 0 Å². The molecule has 0 aliphatic rings. The molecule has 7 nitrogen and oxygen atoms in total. The van der Waals surface area contributed by atoms with E-state index in [4.69, 9.17) is 10.5 Å². The molecule has 8 heteroatoms. The van der Waals surface area contributed by atoms with Gasteiger partial charge in [-0.05, 0) is 49.2 Å². The number of carbonyl (C=O) groups excluding carboxylic acids is 2. The predicted molar refractivity (Wildman–Crippen MR) is 121 cm³/mol. The highest BCUT2D eigenvalue weighted by Crippen LogP contribution is 2.22. The van der Waals surface area contributed by atoms with Crippen molar-refractivity contribution in [3.05, 3.63) is 89.5 Å². The molecule has 0 aliphatic heterocycles. The summed E-state index contributed by atoms with van der Waals surface area (Å²) in [7, 11) is 0. The number of aromatic nitrogens is 1. The number of halogens is 1. The van der Waals surface area contributed by atoms with Crippen LogP contribution in [0, 0.1) is 5.82 Å². The summed E-state index contributed by atoms with van der Waals surface area (Å²) in [5, 5.41) is 5.52. The van der Waals surface area contributed by atoms with Crippen LogP contribution in [0.4, 0.5) is 20.6 Å². The standard InChI is InChI=1S/C24H25FN4O3/c1-3-22(18-12-19(25)14-27-13-18)32-24(31)28-15(2)16-8-10-17(11-9-16)23(30)29-21-7-5-4-6-20(21)26/h4-15,22H,3,26H2,1-2H3,(H,28,31)(H,29,30)/t15-,22-/m0/s1. The molecular weight excluding hydrogens is 411 g/mol. The fourth-order valence-electron chi connectivity index (χ4n) is 3.14. The van der Waals surface area contributed by atoms with Gasteiger partial charge in [-0.25, -0.2) is 9.18 Å². The number of nitrogens with zero attached hydrogens (tertiary/aromatic N) is 1. The molecule has 3 rings (SSSR count). The molecule has 0 fully saturated rings. The molecule has 2 amide bonds. The van der Waals surface area contributed by atoms with Crippen molar-refractivity contribution in [3.8, 4) is 0 Å². The minimum absolute atomic E-state index is 0.288. The van der Waals surface area contributed by atoms with E-state index >= 15 is 0 Å². The maximum Gasteiger partial charge on any atom is 0.408 e. The summed E-state index contributed by atoms with van der Waals surface area (Å²) < 4.78 is 18.9. The minimum atomic E-state index is -0.630.